The van der Waals surface area contributed by atoms with Crippen LogP contribution in [0.4, 0.5) is 0 Å². The van der Waals surface area contributed by atoms with E-state index in [1.165, 1.54) is 6.08 Å². The molecule has 0 aromatic carbocycles. The molecule has 0 aromatic heterocycles. The van der Waals surface area contributed by atoms with Crippen molar-refractivity contribution in [3.05, 3.63) is 25.3 Å². The lowest BCUT2D eigenvalue weighted by atomic mass is 10.2. The van der Waals surface area contributed by atoms with Crippen molar-refractivity contribution in [3.8, 4) is 0 Å². The molecule has 0 atom stereocenters. The third kappa shape index (κ3) is 5.01. The van der Waals surface area contributed by atoms with Crippen LogP contribution in [0.3, 0.4) is 0 Å². The van der Waals surface area contributed by atoms with E-state index in [1.54, 1.807) is 0 Å². The molecule has 0 fully saturated rings. The van der Waals surface area contributed by atoms with Gasteiger partial charge in [-0.15, -0.1) is 6.58 Å². The highest BCUT2D eigenvalue weighted by molar-refractivity contribution is 5.88. The Morgan fingerprint density at radius 3 is 2.56 bits per heavy atom. The number of hydrogen-bond acceptors (Lipinski definition) is 1. The number of carbonyl (C=O) groups excluding carboxylic acids is 1. The van der Waals surface area contributed by atoms with E-state index in [-0.39, 0.29) is 5.78 Å². The van der Waals surface area contributed by atoms with E-state index in [2.05, 4.69) is 13.2 Å². The van der Waals surface area contributed by atoms with Gasteiger partial charge in [0, 0.05) is 6.42 Å². The Kier molecular flexibility index (Phi) is 4.79. The van der Waals surface area contributed by atoms with Gasteiger partial charge in [-0.3, -0.25) is 4.79 Å². The van der Waals surface area contributed by atoms with Gasteiger partial charge in [0.25, 0.3) is 0 Å². The summed E-state index contributed by atoms with van der Waals surface area (Å²) in [4.78, 5) is 10.5. The van der Waals surface area contributed by atoms with Crippen molar-refractivity contribution in [2.45, 2.75) is 19.3 Å². The van der Waals surface area contributed by atoms with Crippen LogP contribution in [0.2, 0.25) is 0 Å². The highest BCUT2D eigenvalue weighted by Gasteiger charge is 1.91. The Morgan fingerprint density at radius 2 is 2.11 bits per heavy atom. The van der Waals surface area contributed by atoms with Gasteiger partial charge in [0.2, 0.25) is 0 Å². The zero-order valence-corrected chi connectivity index (χ0v) is 5.60. The normalized spacial score (nSPS) is 8.44. The van der Waals surface area contributed by atoms with Crippen molar-refractivity contribution >= 4 is 5.78 Å². The summed E-state index contributed by atoms with van der Waals surface area (Å²) in [5.41, 5.74) is 0. The molecule has 1 nitrogen and oxygen atoms in total. The molecule has 0 spiro atoms. The van der Waals surface area contributed by atoms with Gasteiger partial charge in [-0.2, -0.15) is 0 Å². The van der Waals surface area contributed by atoms with Gasteiger partial charge in [-0.05, 0) is 18.9 Å². The van der Waals surface area contributed by atoms with Crippen LogP contribution in [-0.4, -0.2) is 5.78 Å². The highest BCUT2D eigenvalue weighted by Crippen LogP contribution is 1.96. The van der Waals surface area contributed by atoms with Crippen molar-refractivity contribution in [1.82, 2.24) is 0 Å². The zero-order chi connectivity index (χ0) is 7.11. The first-order chi connectivity index (χ1) is 4.31. The van der Waals surface area contributed by atoms with E-state index in [4.69, 9.17) is 0 Å². The Morgan fingerprint density at radius 1 is 1.44 bits per heavy atom. The minimum absolute atomic E-state index is 0.122. The minimum Gasteiger partial charge on any atom is -0.295 e. The standard InChI is InChI=1S/C8H12O/c1-3-5-6-7-8(9)4-2/h3-4H,1-2,5-7H2. The van der Waals surface area contributed by atoms with Crippen LogP contribution < -0.4 is 0 Å². The van der Waals surface area contributed by atoms with Crippen molar-refractivity contribution in [1.29, 1.82) is 0 Å². The predicted molar refractivity (Wildman–Crippen MR) is 39.3 cm³/mol. The van der Waals surface area contributed by atoms with Gasteiger partial charge in [0.1, 0.15) is 0 Å². The van der Waals surface area contributed by atoms with E-state index in [0.29, 0.717) is 6.42 Å². The summed E-state index contributed by atoms with van der Waals surface area (Å²) < 4.78 is 0. The molecule has 0 radical (unpaired) electrons. The first-order valence-corrected chi connectivity index (χ1v) is 3.07. The highest BCUT2D eigenvalue weighted by atomic mass is 16.1. The number of unbranched alkanes of at least 4 members (excludes halogenated alkanes) is 1. The summed E-state index contributed by atoms with van der Waals surface area (Å²) in [7, 11) is 0. The van der Waals surface area contributed by atoms with Crippen LogP contribution >= 0.6 is 0 Å². The maximum Gasteiger partial charge on any atom is 0.155 e. The lowest BCUT2D eigenvalue weighted by Crippen LogP contribution is -1.89. The van der Waals surface area contributed by atoms with Crippen LogP contribution in [0.25, 0.3) is 0 Å². The van der Waals surface area contributed by atoms with Crippen LogP contribution in [0, 0.1) is 0 Å². The summed E-state index contributed by atoms with van der Waals surface area (Å²) in [6.07, 6.45) is 5.60. The van der Waals surface area contributed by atoms with Crippen molar-refractivity contribution in [2.24, 2.45) is 0 Å². The summed E-state index contributed by atoms with van der Waals surface area (Å²) in [6.45, 7) is 6.91. The molecule has 50 valence electrons. The van der Waals surface area contributed by atoms with Gasteiger partial charge >= 0.3 is 0 Å². The third-order valence-corrected chi connectivity index (χ3v) is 1.06. The molecule has 0 saturated heterocycles. The van der Waals surface area contributed by atoms with Gasteiger partial charge in [0.15, 0.2) is 5.78 Å². The smallest absolute Gasteiger partial charge is 0.155 e. The number of allylic oxidation sites excluding steroid dienone is 2. The first-order valence-electron chi connectivity index (χ1n) is 3.07. The van der Waals surface area contributed by atoms with Crippen LogP contribution in [0.5, 0.6) is 0 Å². The molecule has 0 N–H and O–H groups in total. The fourth-order valence-corrected chi connectivity index (χ4v) is 0.523. The summed E-state index contributed by atoms with van der Waals surface area (Å²) >= 11 is 0. The molecular weight excluding hydrogens is 112 g/mol. The second-order valence-corrected chi connectivity index (χ2v) is 1.85. The molecule has 0 saturated carbocycles. The Bertz CT molecular complexity index is 114. The van der Waals surface area contributed by atoms with Crippen molar-refractivity contribution in [2.75, 3.05) is 0 Å². The molecule has 9 heavy (non-hydrogen) atoms. The number of carbonyl (C=O) groups is 1. The molecule has 0 unspecified atom stereocenters. The average Bonchev–Trinajstić information content (AvgIpc) is 1.89. The largest absolute Gasteiger partial charge is 0.295 e. The Labute approximate surface area is 56.1 Å². The monoisotopic (exact) mass is 124 g/mol. The van der Waals surface area contributed by atoms with E-state index in [1.807, 2.05) is 6.08 Å². The number of ketones is 1. The second kappa shape index (κ2) is 5.29. The first kappa shape index (κ1) is 8.15. The maximum atomic E-state index is 10.5. The number of rotatable bonds is 5. The molecule has 0 aliphatic heterocycles. The fraction of sp³-hybridized carbons (Fsp3) is 0.375. The topological polar surface area (TPSA) is 17.1 Å². The molecular formula is C8H12O. The van der Waals surface area contributed by atoms with E-state index in [9.17, 15) is 4.79 Å². The van der Waals surface area contributed by atoms with Gasteiger partial charge < -0.3 is 0 Å². The average molecular weight is 124 g/mol. The Balaban J connectivity index is 3.16. The summed E-state index contributed by atoms with van der Waals surface area (Å²) in [6, 6.07) is 0. The molecule has 0 rings (SSSR count). The second-order valence-electron chi connectivity index (χ2n) is 1.85. The third-order valence-electron chi connectivity index (χ3n) is 1.06. The van der Waals surface area contributed by atoms with Crippen molar-refractivity contribution < 1.29 is 4.79 Å². The minimum atomic E-state index is 0.122. The van der Waals surface area contributed by atoms with Gasteiger partial charge in [-0.25, -0.2) is 0 Å². The van der Waals surface area contributed by atoms with E-state index >= 15 is 0 Å². The van der Waals surface area contributed by atoms with Gasteiger partial charge in [0.05, 0.1) is 0 Å². The predicted octanol–water partition coefficient (Wildman–Crippen LogP) is 2.10. The number of hydrogen-bond donors (Lipinski definition) is 0. The molecule has 1 heteroatoms. The van der Waals surface area contributed by atoms with E-state index < -0.39 is 0 Å². The fourth-order valence-electron chi connectivity index (χ4n) is 0.523. The van der Waals surface area contributed by atoms with E-state index in [0.717, 1.165) is 12.8 Å². The van der Waals surface area contributed by atoms with Crippen LogP contribution in [0.1, 0.15) is 19.3 Å². The summed E-state index contributed by atoms with van der Waals surface area (Å²) in [5, 5.41) is 0. The van der Waals surface area contributed by atoms with Gasteiger partial charge in [-0.1, -0.05) is 12.7 Å². The SMILES string of the molecule is C=CCCCC(=O)C=C. The molecule has 0 aliphatic carbocycles. The molecule has 0 heterocycles. The lowest BCUT2D eigenvalue weighted by Gasteiger charge is -1.89. The quantitative estimate of drug-likeness (QED) is 0.311. The molecule has 0 amide bonds. The summed E-state index contributed by atoms with van der Waals surface area (Å²) in [5.74, 6) is 0.122. The van der Waals surface area contributed by atoms with Crippen molar-refractivity contribution in [3.63, 3.8) is 0 Å². The Hall–Kier alpha value is -0.850. The lowest BCUT2D eigenvalue weighted by molar-refractivity contribution is -0.114. The van der Waals surface area contributed by atoms with Crippen LogP contribution in [-0.2, 0) is 4.79 Å². The molecule has 0 aromatic rings. The van der Waals surface area contributed by atoms with Crippen LogP contribution in [0.15, 0.2) is 25.3 Å². The molecule has 0 bridgehead atoms. The molecule has 0 aliphatic rings. The maximum absolute atomic E-state index is 10.5. The zero-order valence-electron chi connectivity index (χ0n) is 5.60.